The highest BCUT2D eigenvalue weighted by atomic mass is 32.1. The first-order valence-electron chi connectivity index (χ1n) is 10.6. The van der Waals surface area contributed by atoms with Crippen LogP contribution in [0.2, 0.25) is 0 Å². The molecule has 3 heterocycles. The summed E-state index contributed by atoms with van der Waals surface area (Å²) < 4.78 is 5.88. The number of aromatic nitrogens is 1. The highest BCUT2D eigenvalue weighted by molar-refractivity contribution is 7.10. The van der Waals surface area contributed by atoms with Crippen LogP contribution in [0.4, 0.5) is 5.88 Å². The molecule has 3 aromatic rings. The number of nitriles is 1. The fraction of sp³-hybridized carbons (Fsp3) is 0.320. The van der Waals surface area contributed by atoms with Gasteiger partial charge in [-0.3, -0.25) is 4.79 Å². The van der Waals surface area contributed by atoms with E-state index in [1.807, 2.05) is 57.7 Å². The van der Waals surface area contributed by atoms with Gasteiger partial charge in [-0.2, -0.15) is 10.2 Å². The van der Waals surface area contributed by atoms with Crippen molar-refractivity contribution in [1.82, 2.24) is 9.88 Å². The summed E-state index contributed by atoms with van der Waals surface area (Å²) in [6.07, 6.45) is 3.69. The lowest BCUT2D eigenvalue weighted by molar-refractivity contribution is 0.0745. The second kappa shape index (κ2) is 9.01. The Bertz CT molecular complexity index is 1140. The fourth-order valence-electron chi connectivity index (χ4n) is 3.63. The Morgan fingerprint density at radius 2 is 1.84 bits per heavy atom. The molecule has 0 bridgehead atoms. The minimum Gasteiger partial charge on any atom is -0.420 e. The first kappa shape index (κ1) is 21.8. The first-order chi connectivity index (χ1) is 15.3. The van der Waals surface area contributed by atoms with Crippen LogP contribution in [0.15, 0.2) is 46.2 Å². The lowest BCUT2D eigenvalue weighted by Gasteiger charge is -2.34. The van der Waals surface area contributed by atoms with E-state index in [9.17, 15) is 10.1 Å². The van der Waals surface area contributed by atoms with Gasteiger partial charge in [0.25, 0.3) is 5.91 Å². The number of rotatable bonds is 4. The van der Waals surface area contributed by atoms with Crippen LogP contribution in [0, 0.1) is 11.3 Å². The van der Waals surface area contributed by atoms with Gasteiger partial charge >= 0.3 is 0 Å². The van der Waals surface area contributed by atoms with Gasteiger partial charge in [0.1, 0.15) is 6.07 Å². The molecule has 0 atom stereocenters. The maximum absolute atomic E-state index is 12.9. The number of benzene rings is 1. The molecule has 4 rings (SSSR count). The van der Waals surface area contributed by atoms with Crippen molar-refractivity contribution in [3.63, 3.8) is 0 Å². The van der Waals surface area contributed by atoms with Crippen molar-refractivity contribution in [2.24, 2.45) is 0 Å². The molecule has 0 aliphatic carbocycles. The Morgan fingerprint density at radius 3 is 2.44 bits per heavy atom. The average Bonchev–Trinajstić information content (AvgIpc) is 3.46. The third-order valence-corrected chi connectivity index (χ3v) is 6.35. The van der Waals surface area contributed by atoms with Crippen LogP contribution >= 0.6 is 11.3 Å². The second-order valence-electron chi connectivity index (χ2n) is 8.77. The highest BCUT2D eigenvalue weighted by Gasteiger charge is 2.26. The van der Waals surface area contributed by atoms with Crippen molar-refractivity contribution >= 4 is 35.3 Å². The van der Waals surface area contributed by atoms with Gasteiger partial charge in [-0.15, -0.1) is 11.3 Å². The molecule has 1 fully saturated rings. The summed E-state index contributed by atoms with van der Waals surface area (Å²) in [7, 11) is 0. The third-order valence-electron chi connectivity index (χ3n) is 5.52. The van der Waals surface area contributed by atoms with Gasteiger partial charge in [0.15, 0.2) is 0 Å². The Balaban J connectivity index is 1.41. The molecule has 32 heavy (non-hydrogen) atoms. The first-order valence-corrected chi connectivity index (χ1v) is 11.5. The van der Waals surface area contributed by atoms with Crippen LogP contribution in [0.25, 0.3) is 12.2 Å². The van der Waals surface area contributed by atoms with Crippen molar-refractivity contribution < 1.29 is 9.21 Å². The normalized spacial score (nSPS) is 14.7. The van der Waals surface area contributed by atoms with Crippen molar-refractivity contribution in [2.45, 2.75) is 26.2 Å². The zero-order valence-corrected chi connectivity index (χ0v) is 19.4. The molecule has 2 aromatic heterocycles. The number of nitrogens with zero attached hydrogens (tertiary/aromatic N) is 4. The molecule has 0 N–H and O–H groups in total. The molecule has 164 valence electrons. The largest absolute Gasteiger partial charge is 0.420 e. The number of piperazine rings is 1. The predicted octanol–water partition coefficient (Wildman–Crippen LogP) is 5.04. The molecule has 0 spiro atoms. The Labute approximate surface area is 192 Å². The maximum atomic E-state index is 12.9. The minimum absolute atomic E-state index is 0.0303. The molecule has 1 amide bonds. The van der Waals surface area contributed by atoms with Crippen LogP contribution < -0.4 is 4.90 Å². The van der Waals surface area contributed by atoms with Gasteiger partial charge < -0.3 is 14.2 Å². The SMILES string of the molecule is CC(C)(C)c1ccc(C(=O)N2CCN(c3oc(/C=C/c4cccs4)nc3C#N)CC2)cc1. The van der Waals surface area contributed by atoms with Crippen molar-refractivity contribution in [3.8, 4) is 6.07 Å². The van der Waals surface area contributed by atoms with E-state index in [1.54, 1.807) is 17.4 Å². The van der Waals surface area contributed by atoms with E-state index in [0.717, 1.165) is 4.88 Å². The number of anilines is 1. The minimum atomic E-state index is 0.0303. The predicted molar refractivity (Wildman–Crippen MR) is 128 cm³/mol. The van der Waals surface area contributed by atoms with E-state index in [-0.39, 0.29) is 17.0 Å². The van der Waals surface area contributed by atoms with Crippen LogP contribution in [0.3, 0.4) is 0 Å². The van der Waals surface area contributed by atoms with Gasteiger partial charge in [0.2, 0.25) is 17.5 Å². The van der Waals surface area contributed by atoms with Crippen molar-refractivity contribution in [2.75, 3.05) is 31.1 Å². The number of oxazole rings is 1. The zero-order valence-electron chi connectivity index (χ0n) is 18.5. The number of carbonyl (C=O) groups excluding carboxylic acids is 1. The maximum Gasteiger partial charge on any atom is 0.253 e. The molecule has 1 aromatic carbocycles. The van der Waals surface area contributed by atoms with Crippen LogP contribution in [-0.2, 0) is 5.41 Å². The Kier molecular flexibility index (Phi) is 6.15. The van der Waals surface area contributed by atoms with Crippen LogP contribution in [0.5, 0.6) is 0 Å². The monoisotopic (exact) mass is 446 g/mol. The molecule has 0 radical (unpaired) electrons. The second-order valence-corrected chi connectivity index (χ2v) is 9.75. The smallest absolute Gasteiger partial charge is 0.253 e. The van der Waals surface area contributed by atoms with Crippen molar-refractivity contribution in [3.05, 3.63) is 69.4 Å². The summed E-state index contributed by atoms with van der Waals surface area (Å²) in [5.74, 6) is 0.908. The van der Waals surface area contributed by atoms with E-state index < -0.39 is 0 Å². The zero-order chi connectivity index (χ0) is 22.7. The van der Waals surface area contributed by atoms with E-state index in [1.165, 1.54) is 5.56 Å². The van der Waals surface area contributed by atoms with E-state index >= 15 is 0 Å². The molecule has 6 nitrogen and oxygen atoms in total. The standard InChI is InChI=1S/C25H26N4O2S/c1-25(2,3)19-8-6-18(7-9-19)23(30)28-12-14-29(15-13-28)24-21(17-26)27-22(31-24)11-10-20-5-4-16-32-20/h4-11,16H,12-15H2,1-3H3/b11-10+. The van der Waals surface area contributed by atoms with Crippen molar-refractivity contribution in [1.29, 1.82) is 5.26 Å². The summed E-state index contributed by atoms with van der Waals surface area (Å²) >= 11 is 1.62. The number of hydrogen-bond acceptors (Lipinski definition) is 6. The quantitative estimate of drug-likeness (QED) is 0.561. The number of carbonyl (C=O) groups is 1. The van der Waals surface area contributed by atoms with Gasteiger partial charge in [0.05, 0.1) is 0 Å². The Morgan fingerprint density at radius 1 is 1.12 bits per heavy atom. The van der Waals surface area contributed by atoms with E-state index in [0.29, 0.717) is 43.5 Å². The summed E-state index contributed by atoms with van der Waals surface area (Å²) in [4.78, 5) is 22.2. The molecular formula is C25H26N4O2S. The van der Waals surface area contributed by atoms with Gasteiger partial charge in [-0.1, -0.05) is 39.0 Å². The molecule has 7 heteroatoms. The molecule has 1 saturated heterocycles. The van der Waals surface area contributed by atoms with Crippen LogP contribution in [0.1, 0.15) is 53.2 Å². The Hall–Kier alpha value is -3.37. The number of thiophene rings is 1. The molecule has 1 aliphatic rings. The third kappa shape index (κ3) is 4.76. The van der Waals surface area contributed by atoms with Gasteiger partial charge in [0, 0.05) is 42.7 Å². The lowest BCUT2D eigenvalue weighted by atomic mass is 9.86. The molecule has 0 unspecified atom stereocenters. The van der Waals surface area contributed by atoms with E-state index in [2.05, 4.69) is 31.8 Å². The lowest BCUT2D eigenvalue weighted by Crippen LogP contribution is -2.48. The molecule has 0 saturated carbocycles. The molecular weight excluding hydrogens is 420 g/mol. The number of amides is 1. The fourth-order valence-corrected chi connectivity index (χ4v) is 4.25. The number of hydrogen-bond donors (Lipinski definition) is 0. The topological polar surface area (TPSA) is 73.4 Å². The average molecular weight is 447 g/mol. The summed E-state index contributed by atoms with van der Waals surface area (Å²) in [5.41, 5.74) is 2.23. The molecule has 1 aliphatic heterocycles. The summed E-state index contributed by atoms with van der Waals surface area (Å²) in [5, 5.41) is 11.5. The van der Waals surface area contributed by atoms with Gasteiger partial charge in [-0.05, 0) is 40.6 Å². The van der Waals surface area contributed by atoms with Crippen LogP contribution in [-0.4, -0.2) is 42.0 Å². The summed E-state index contributed by atoms with van der Waals surface area (Å²) in [6.45, 7) is 8.77. The van der Waals surface area contributed by atoms with Gasteiger partial charge in [-0.25, -0.2) is 0 Å². The summed E-state index contributed by atoms with van der Waals surface area (Å²) in [6, 6.07) is 14.0. The highest BCUT2D eigenvalue weighted by Crippen LogP contribution is 2.26. The van der Waals surface area contributed by atoms with E-state index in [4.69, 9.17) is 4.42 Å².